The first-order chi connectivity index (χ1) is 17.1. The summed E-state index contributed by atoms with van der Waals surface area (Å²) in [5.41, 5.74) is 4.59. The van der Waals surface area contributed by atoms with Crippen LogP contribution >= 0.6 is 0 Å². The summed E-state index contributed by atoms with van der Waals surface area (Å²) in [7, 11) is 0. The maximum Gasteiger partial charge on any atom is 0.255 e. The Bertz CT molecular complexity index is 1310. The van der Waals surface area contributed by atoms with Gasteiger partial charge in [-0.25, -0.2) is 14.1 Å². The van der Waals surface area contributed by atoms with Gasteiger partial charge in [0.2, 0.25) is 0 Å². The molecule has 4 aromatic rings. The number of aryl methyl sites for hydroxylation is 1. The summed E-state index contributed by atoms with van der Waals surface area (Å²) in [6, 6.07) is 17.8. The number of aromatic nitrogens is 3. The molecule has 0 spiro atoms. The highest BCUT2D eigenvalue weighted by Crippen LogP contribution is 2.25. The molecule has 178 valence electrons. The standard InChI is InChI=1S/C27H26FN5O2/c1-19-2-4-21(5-3-19)26-24(18-33(31-26)23-8-6-22(28)7-9-23)27(34)30-17-20-10-11-29-25(16-20)32-12-14-35-15-13-32/h2-11,16,18H,12-15,17H2,1H3,(H,30,34). The maximum absolute atomic E-state index is 13.4. The van der Waals surface area contributed by atoms with Crippen molar-refractivity contribution >= 4 is 11.7 Å². The van der Waals surface area contributed by atoms with Gasteiger partial charge in [0.25, 0.3) is 5.91 Å². The van der Waals surface area contributed by atoms with Gasteiger partial charge in [0.05, 0.1) is 24.5 Å². The molecule has 5 rings (SSSR count). The minimum absolute atomic E-state index is 0.237. The van der Waals surface area contributed by atoms with Crippen molar-refractivity contribution in [3.8, 4) is 16.9 Å². The van der Waals surface area contributed by atoms with Crippen LogP contribution in [0.2, 0.25) is 0 Å². The fourth-order valence-electron chi connectivity index (χ4n) is 4.00. The molecule has 8 heteroatoms. The minimum atomic E-state index is -0.327. The average Bonchev–Trinajstić information content (AvgIpc) is 3.34. The highest BCUT2D eigenvalue weighted by atomic mass is 19.1. The van der Waals surface area contributed by atoms with Crippen LogP contribution in [-0.4, -0.2) is 47.0 Å². The topological polar surface area (TPSA) is 72.3 Å². The zero-order valence-electron chi connectivity index (χ0n) is 19.4. The molecule has 0 aliphatic carbocycles. The van der Waals surface area contributed by atoms with Crippen LogP contribution in [0.3, 0.4) is 0 Å². The second kappa shape index (κ2) is 10.1. The number of anilines is 1. The molecular formula is C27H26FN5O2. The van der Waals surface area contributed by atoms with Crippen LogP contribution in [-0.2, 0) is 11.3 Å². The van der Waals surface area contributed by atoms with Gasteiger partial charge in [-0.05, 0) is 48.9 Å². The fourth-order valence-corrected chi connectivity index (χ4v) is 4.00. The molecular weight excluding hydrogens is 445 g/mol. The molecule has 1 fully saturated rings. The van der Waals surface area contributed by atoms with Crippen LogP contribution in [0.15, 0.2) is 73.1 Å². The molecule has 0 saturated carbocycles. The number of nitrogens with zero attached hydrogens (tertiary/aromatic N) is 4. The first-order valence-corrected chi connectivity index (χ1v) is 11.6. The number of hydrogen-bond acceptors (Lipinski definition) is 5. The second-order valence-electron chi connectivity index (χ2n) is 8.48. The molecule has 1 saturated heterocycles. The van der Waals surface area contributed by atoms with Crippen molar-refractivity contribution in [2.24, 2.45) is 0 Å². The van der Waals surface area contributed by atoms with Crippen LogP contribution < -0.4 is 10.2 Å². The third-order valence-corrected chi connectivity index (χ3v) is 5.97. The van der Waals surface area contributed by atoms with Crippen molar-refractivity contribution in [3.05, 3.63) is 95.6 Å². The number of amides is 1. The normalized spacial score (nSPS) is 13.6. The number of morpholine rings is 1. The third kappa shape index (κ3) is 5.22. The predicted molar refractivity (Wildman–Crippen MR) is 132 cm³/mol. The smallest absolute Gasteiger partial charge is 0.255 e. The number of carbonyl (C=O) groups excluding carboxylic acids is 1. The van der Waals surface area contributed by atoms with Crippen LogP contribution in [0.25, 0.3) is 16.9 Å². The van der Waals surface area contributed by atoms with E-state index in [2.05, 4.69) is 20.3 Å². The van der Waals surface area contributed by atoms with E-state index in [4.69, 9.17) is 4.74 Å². The van der Waals surface area contributed by atoms with Gasteiger partial charge in [0.15, 0.2) is 0 Å². The number of halogens is 1. The van der Waals surface area contributed by atoms with Crippen molar-refractivity contribution in [1.29, 1.82) is 0 Å². The molecule has 1 amide bonds. The van der Waals surface area contributed by atoms with Crippen molar-refractivity contribution in [2.75, 3.05) is 31.2 Å². The number of ether oxygens (including phenoxy) is 1. The summed E-state index contributed by atoms with van der Waals surface area (Å²) in [5.74, 6) is 0.314. The second-order valence-corrected chi connectivity index (χ2v) is 8.48. The van der Waals surface area contributed by atoms with Gasteiger partial charge in [-0.3, -0.25) is 4.79 Å². The van der Waals surface area contributed by atoms with Crippen molar-refractivity contribution < 1.29 is 13.9 Å². The Balaban J connectivity index is 1.39. The summed E-state index contributed by atoms with van der Waals surface area (Å²) in [5, 5.41) is 7.68. The Morgan fingerprint density at radius 1 is 1.06 bits per heavy atom. The number of pyridine rings is 1. The fraction of sp³-hybridized carbons (Fsp3) is 0.222. The van der Waals surface area contributed by atoms with Crippen LogP contribution in [0, 0.1) is 12.7 Å². The van der Waals surface area contributed by atoms with E-state index >= 15 is 0 Å². The van der Waals surface area contributed by atoms with Crippen molar-refractivity contribution in [3.63, 3.8) is 0 Å². The molecule has 35 heavy (non-hydrogen) atoms. The lowest BCUT2D eigenvalue weighted by molar-refractivity contribution is 0.0951. The lowest BCUT2D eigenvalue weighted by Gasteiger charge is -2.28. The van der Waals surface area contributed by atoms with E-state index in [0.717, 1.165) is 35.6 Å². The lowest BCUT2D eigenvalue weighted by Crippen LogP contribution is -2.36. The van der Waals surface area contributed by atoms with Gasteiger partial charge in [-0.1, -0.05) is 29.8 Å². The molecule has 1 N–H and O–H groups in total. The largest absolute Gasteiger partial charge is 0.378 e. The van der Waals surface area contributed by atoms with E-state index in [-0.39, 0.29) is 11.7 Å². The summed E-state index contributed by atoms with van der Waals surface area (Å²) >= 11 is 0. The number of nitrogens with one attached hydrogen (secondary N) is 1. The average molecular weight is 472 g/mol. The molecule has 3 heterocycles. The quantitative estimate of drug-likeness (QED) is 0.458. The zero-order valence-corrected chi connectivity index (χ0v) is 19.4. The SMILES string of the molecule is Cc1ccc(-c2nn(-c3ccc(F)cc3)cc2C(=O)NCc2ccnc(N3CCOCC3)c2)cc1. The highest BCUT2D eigenvalue weighted by Gasteiger charge is 2.19. The summed E-state index contributed by atoms with van der Waals surface area (Å²) < 4.78 is 20.4. The van der Waals surface area contributed by atoms with E-state index in [1.165, 1.54) is 12.1 Å². The molecule has 7 nitrogen and oxygen atoms in total. The number of benzene rings is 2. The first-order valence-electron chi connectivity index (χ1n) is 11.6. The molecule has 1 aliphatic heterocycles. The van der Waals surface area contributed by atoms with Gasteiger partial charge >= 0.3 is 0 Å². The number of hydrogen-bond donors (Lipinski definition) is 1. The molecule has 2 aromatic heterocycles. The van der Waals surface area contributed by atoms with Gasteiger partial charge in [-0.15, -0.1) is 0 Å². The molecule has 1 aliphatic rings. The Labute approximate surface area is 203 Å². The van der Waals surface area contributed by atoms with Crippen LogP contribution in [0.1, 0.15) is 21.5 Å². The molecule has 0 radical (unpaired) electrons. The summed E-state index contributed by atoms with van der Waals surface area (Å²) in [4.78, 5) is 19.9. The van der Waals surface area contributed by atoms with E-state index in [1.54, 1.807) is 29.2 Å². The number of rotatable bonds is 6. The molecule has 2 aromatic carbocycles. The van der Waals surface area contributed by atoms with E-state index in [1.807, 2.05) is 43.3 Å². The van der Waals surface area contributed by atoms with Crippen LogP contribution in [0.5, 0.6) is 0 Å². The highest BCUT2D eigenvalue weighted by molar-refractivity contribution is 5.99. The van der Waals surface area contributed by atoms with Gasteiger partial charge in [-0.2, -0.15) is 5.10 Å². The lowest BCUT2D eigenvalue weighted by atomic mass is 10.1. The van der Waals surface area contributed by atoms with Gasteiger partial charge in [0, 0.05) is 37.6 Å². The summed E-state index contributed by atoms with van der Waals surface area (Å²) in [6.07, 6.45) is 3.44. The summed E-state index contributed by atoms with van der Waals surface area (Å²) in [6.45, 7) is 5.32. The molecule has 0 atom stereocenters. The minimum Gasteiger partial charge on any atom is -0.378 e. The predicted octanol–water partition coefficient (Wildman–Crippen LogP) is 4.15. The van der Waals surface area contributed by atoms with E-state index < -0.39 is 0 Å². The van der Waals surface area contributed by atoms with Crippen molar-refractivity contribution in [2.45, 2.75) is 13.5 Å². The monoisotopic (exact) mass is 471 g/mol. The Kier molecular flexibility index (Phi) is 6.54. The molecule has 0 unspecified atom stereocenters. The van der Waals surface area contributed by atoms with Crippen LogP contribution in [0.4, 0.5) is 10.2 Å². The molecule has 0 bridgehead atoms. The van der Waals surface area contributed by atoms with Gasteiger partial charge < -0.3 is 15.0 Å². The van der Waals surface area contributed by atoms with Gasteiger partial charge in [0.1, 0.15) is 17.3 Å². The van der Waals surface area contributed by atoms with E-state index in [0.29, 0.717) is 36.7 Å². The Morgan fingerprint density at radius 3 is 2.54 bits per heavy atom. The Morgan fingerprint density at radius 2 is 1.80 bits per heavy atom. The third-order valence-electron chi connectivity index (χ3n) is 5.97. The zero-order chi connectivity index (χ0) is 24.2. The first kappa shape index (κ1) is 22.7. The van der Waals surface area contributed by atoms with Crippen molar-refractivity contribution in [1.82, 2.24) is 20.1 Å². The number of carbonyl (C=O) groups is 1. The Hall–Kier alpha value is -4.04. The maximum atomic E-state index is 13.4. The van der Waals surface area contributed by atoms with E-state index in [9.17, 15) is 9.18 Å².